The first-order valence-electron chi connectivity index (χ1n) is 8.22. The summed E-state index contributed by atoms with van der Waals surface area (Å²) in [6.45, 7) is -0.563. The van der Waals surface area contributed by atoms with Crippen LogP contribution in [0.25, 0.3) is 0 Å². The molecule has 0 saturated heterocycles. The van der Waals surface area contributed by atoms with Crippen LogP contribution in [0, 0.1) is 15.9 Å². The molecule has 0 fully saturated rings. The molecule has 0 radical (unpaired) electrons. The number of nitrogens with zero attached hydrogens (tertiary/aromatic N) is 1. The molecular formula is C18H18FN3O6. The van der Waals surface area contributed by atoms with E-state index >= 15 is 0 Å². The van der Waals surface area contributed by atoms with Crippen molar-refractivity contribution in [1.29, 1.82) is 0 Å². The molecule has 10 heteroatoms. The molecule has 0 aliphatic carbocycles. The summed E-state index contributed by atoms with van der Waals surface area (Å²) in [6, 6.07) is 9.06. The Hall–Kier alpha value is -3.53. The highest BCUT2D eigenvalue weighted by Gasteiger charge is 2.19. The summed E-state index contributed by atoms with van der Waals surface area (Å²) >= 11 is 0. The van der Waals surface area contributed by atoms with Gasteiger partial charge in [-0.2, -0.15) is 0 Å². The number of carbonyl (C=O) groups excluding carboxylic acids is 2. The van der Waals surface area contributed by atoms with E-state index in [0.717, 1.165) is 6.07 Å². The van der Waals surface area contributed by atoms with E-state index in [9.17, 15) is 24.1 Å². The van der Waals surface area contributed by atoms with Crippen LogP contribution < -0.4 is 10.6 Å². The van der Waals surface area contributed by atoms with E-state index in [1.165, 1.54) is 36.4 Å². The molecule has 1 amide bonds. The summed E-state index contributed by atoms with van der Waals surface area (Å²) in [6.07, 6.45) is 0. The Morgan fingerprint density at radius 3 is 2.54 bits per heavy atom. The molecule has 0 atom stereocenters. The standard InChI is InChI=1S/C18H18FN3O6/c19-13-3-1-12(2-4-13)10-21-17(24)11-28-18(25)15-9-14(22(26)27)5-6-16(15)20-7-8-23/h1-6,9,20,23H,7-8,10-11H2,(H,21,24). The number of hydrogen-bond acceptors (Lipinski definition) is 7. The van der Waals surface area contributed by atoms with Crippen molar-refractivity contribution in [2.75, 3.05) is 25.1 Å². The van der Waals surface area contributed by atoms with Gasteiger partial charge in [0.25, 0.3) is 11.6 Å². The van der Waals surface area contributed by atoms with Crippen LogP contribution in [0.2, 0.25) is 0 Å². The zero-order valence-electron chi connectivity index (χ0n) is 14.7. The van der Waals surface area contributed by atoms with Crippen molar-refractivity contribution >= 4 is 23.3 Å². The number of ether oxygens (including phenoxy) is 1. The number of benzene rings is 2. The van der Waals surface area contributed by atoms with E-state index in [0.29, 0.717) is 5.56 Å². The van der Waals surface area contributed by atoms with Crippen LogP contribution in [0.1, 0.15) is 15.9 Å². The second-order valence-electron chi connectivity index (χ2n) is 5.62. The van der Waals surface area contributed by atoms with Crippen molar-refractivity contribution in [2.24, 2.45) is 0 Å². The van der Waals surface area contributed by atoms with Crippen LogP contribution in [0.4, 0.5) is 15.8 Å². The summed E-state index contributed by atoms with van der Waals surface area (Å²) in [5.41, 5.74) is 0.447. The van der Waals surface area contributed by atoms with E-state index < -0.39 is 29.2 Å². The summed E-state index contributed by atoms with van der Waals surface area (Å²) in [5, 5.41) is 25.0. The largest absolute Gasteiger partial charge is 0.452 e. The average molecular weight is 391 g/mol. The lowest BCUT2D eigenvalue weighted by Gasteiger charge is -2.11. The van der Waals surface area contributed by atoms with Gasteiger partial charge in [-0.3, -0.25) is 14.9 Å². The fourth-order valence-electron chi connectivity index (χ4n) is 2.22. The topological polar surface area (TPSA) is 131 Å². The number of nitro benzene ring substituents is 1. The molecule has 2 aromatic rings. The predicted octanol–water partition coefficient (Wildman–Crippen LogP) is 1.61. The van der Waals surface area contributed by atoms with Crippen LogP contribution in [0.5, 0.6) is 0 Å². The lowest BCUT2D eigenvalue weighted by Crippen LogP contribution is -2.28. The SMILES string of the molecule is O=C(COC(=O)c1cc([N+](=O)[O-])ccc1NCCO)NCc1ccc(F)cc1. The van der Waals surface area contributed by atoms with Crippen LogP contribution in [0.3, 0.4) is 0 Å². The van der Waals surface area contributed by atoms with Gasteiger partial charge in [-0.25, -0.2) is 9.18 Å². The molecule has 3 N–H and O–H groups in total. The second-order valence-corrected chi connectivity index (χ2v) is 5.62. The van der Waals surface area contributed by atoms with Gasteiger partial charge in [-0.15, -0.1) is 0 Å². The molecule has 28 heavy (non-hydrogen) atoms. The minimum Gasteiger partial charge on any atom is -0.452 e. The number of non-ortho nitro benzene ring substituents is 1. The molecule has 0 spiro atoms. The van der Waals surface area contributed by atoms with Crippen LogP contribution >= 0.6 is 0 Å². The first-order valence-corrected chi connectivity index (χ1v) is 8.22. The normalized spacial score (nSPS) is 10.2. The molecule has 2 aromatic carbocycles. The number of nitrogens with one attached hydrogen (secondary N) is 2. The van der Waals surface area contributed by atoms with Gasteiger partial charge in [0.2, 0.25) is 0 Å². The van der Waals surface area contributed by atoms with E-state index in [1.54, 1.807) is 0 Å². The van der Waals surface area contributed by atoms with Gasteiger partial charge in [0.1, 0.15) is 5.82 Å². The second kappa shape index (κ2) is 9.97. The van der Waals surface area contributed by atoms with Gasteiger partial charge < -0.3 is 20.5 Å². The molecule has 0 aromatic heterocycles. The Bertz CT molecular complexity index is 857. The molecule has 148 valence electrons. The summed E-state index contributed by atoms with van der Waals surface area (Å²) in [7, 11) is 0. The maximum Gasteiger partial charge on any atom is 0.341 e. The maximum atomic E-state index is 12.8. The molecule has 0 saturated carbocycles. The quantitative estimate of drug-likeness (QED) is 0.336. The first kappa shape index (κ1) is 20.8. The summed E-state index contributed by atoms with van der Waals surface area (Å²) in [4.78, 5) is 34.3. The molecule has 0 aliphatic rings. The van der Waals surface area contributed by atoms with E-state index in [4.69, 9.17) is 9.84 Å². The van der Waals surface area contributed by atoms with Gasteiger partial charge in [0.05, 0.1) is 17.1 Å². The number of rotatable bonds is 9. The van der Waals surface area contributed by atoms with Gasteiger partial charge in [0.15, 0.2) is 6.61 Å². The summed E-state index contributed by atoms with van der Waals surface area (Å²) in [5.74, 6) is -1.92. The van der Waals surface area contributed by atoms with Crippen LogP contribution in [-0.4, -0.2) is 41.7 Å². The Morgan fingerprint density at radius 2 is 1.89 bits per heavy atom. The molecule has 0 bridgehead atoms. The molecular weight excluding hydrogens is 373 g/mol. The van der Waals surface area contributed by atoms with Crippen molar-refractivity contribution in [3.8, 4) is 0 Å². The zero-order chi connectivity index (χ0) is 20.5. The van der Waals surface area contributed by atoms with Gasteiger partial charge >= 0.3 is 5.97 Å². The Labute approximate surface area is 159 Å². The number of aliphatic hydroxyl groups excluding tert-OH is 1. The van der Waals surface area contributed by atoms with Crippen LogP contribution in [0.15, 0.2) is 42.5 Å². The molecule has 0 unspecified atom stereocenters. The minimum absolute atomic E-state index is 0.121. The Kier molecular flexibility index (Phi) is 7.40. The van der Waals surface area contributed by atoms with Gasteiger partial charge in [-0.05, 0) is 23.8 Å². The zero-order valence-corrected chi connectivity index (χ0v) is 14.7. The average Bonchev–Trinajstić information content (AvgIpc) is 2.69. The highest BCUT2D eigenvalue weighted by molar-refractivity contribution is 5.97. The summed E-state index contributed by atoms with van der Waals surface area (Å²) < 4.78 is 17.8. The lowest BCUT2D eigenvalue weighted by atomic mass is 10.1. The van der Waals surface area contributed by atoms with Crippen molar-refractivity contribution in [3.63, 3.8) is 0 Å². The third-order valence-corrected chi connectivity index (χ3v) is 3.60. The number of aliphatic hydroxyl groups is 1. The van der Waals surface area contributed by atoms with Crippen molar-refractivity contribution in [3.05, 3.63) is 69.5 Å². The van der Waals surface area contributed by atoms with E-state index in [1.807, 2.05) is 0 Å². The van der Waals surface area contributed by atoms with Gasteiger partial charge in [-0.1, -0.05) is 12.1 Å². The van der Waals surface area contributed by atoms with E-state index in [2.05, 4.69) is 10.6 Å². The predicted molar refractivity (Wildman–Crippen MR) is 97.2 cm³/mol. The molecule has 2 rings (SSSR count). The monoisotopic (exact) mass is 391 g/mol. The highest BCUT2D eigenvalue weighted by atomic mass is 19.1. The van der Waals surface area contributed by atoms with Crippen LogP contribution in [-0.2, 0) is 16.1 Å². The van der Waals surface area contributed by atoms with Crippen molar-refractivity contribution in [2.45, 2.75) is 6.54 Å². The number of esters is 1. The third-order valence-electron chi connectivity index (χ3n) is 3.60. The number of anilines is 1. The van der Waals surface area contributed by atoms with E-state index in [-0.39, 0.29) is 36.6 Å². The number of hydrogen-bond donors (Lipinski definition) is 3. The maximum absolute atomic E-state index is 12.8. The molecule has 0 aliphatic heterocycles. The first-order chi connectivity index (χ1) is 13.4. The number of nitro groups is 1. The fraction of sp³-hybridized carbons (Fsp3) is 0.222. The van der Waals surface area contributed by atoms with Crippen molar-refractivity contribution < 1.29 is 28.7 Å². The van der Waals surface area contributed by atoms with Crippen molar-refractivity contribution in [1.82, 2.24) is 5.32 Å². The number of amides is 1. The Balaban J connectivity index is 1.96. The lowest BCUT2D eigenvalue weighted by molar-refractivity contribution is -0.384. The minimum atomic E-state index is -0.930. The molecule has 9 nitrogen and oxygen atoms in total. The highest BCUT2D eigenvalue weighted by Crippen LogP contribution is 2.23. The molecule has 0 heterocycles. The Morgan fingerprint density at radius 1 is 1.18 bits per heavy atom. The smallest absolute Gasteiger partial charge is 0.341 e. The third kappa shape index (κ3) is 6.02. The van der Waals surface area contributed by atoms with Gasteiger partial charge in [0, 0.05) is 30.9 Å². The fourth-order valence-corrected chi connectivity index (χ4v) is 2.22. The number of halogens is 1. The number of carbonyl (C=O) groups is 2.